The summed E-state index contributed by atoms with van der Waals surface area (Å²) in [6.07, 6.45) is 8.63. The first-order valence-electron chi connectivity index (χ1n) is 12.7. The average Bonchev–Trinajstić information content (AvgIpc) is 3.62. The van der Waals surface area contributed by atoms with Crippen molar-refractivity contribution < 1.29 is 9.18 Å². The standard InChI is InChI=1S/C28H25FN10O/c1-36-16-21(15-33-36)23-17-39-27(20(12-30)14-34-39)26(35-23)19-4-7-24(32-13-19)37-8-10-38(11-9-37)28(40)25(31)18-2-5-22(29)6-3-18/h2-7,13-17,25H,8-11,31H2,1H3. The summed E-state index contributed by atoms with van der Waals surface area (Å²) < 4.78 is 16.6. The molecule has 0 spiro atoms. The van der Waals surface area contributed by atoms with Gasteiger partial charge in [-0.2, -0.15) is 15.5 Å². The van der Waals surface area contributed by atoms with Crippen molar-refractivity contribution in [2.24, 2.45) is 12.8 Å². The molecule has 5 heterocycles. The highest BCUT2D eigenvalue weighted by Crippen LogP contribution is 2.29. The summed E-state index contributed by atoms with van der Waals surface area (Å²) in [5.74, 6) is 0.215. The lowest BCUT2D eigenvalue weighted by Crippen LogP contribution is -2.51. The van der Waals surface area contributed by atoms with E-state index >= 15 is 0 Å². The molecule has 200 valence electrons. The Morgan fingerprint density at radius 3 is 2.42 bits per heavy atom. The molecule has 2 N–H and O–H groups in total. The lowest BCUT2D eigenvalue weighted by atomic mass is 10.1. The number of piperazine rings is 1. The van der Waals surface area contributed by atoms with Gasteiger partial charge in [0.05, 0.1) is 30.0 Å². The summed E-state index contributed by atoms with van der Waals surface area (Å²) in [6.45, 7) is 2.17. The molecule has 5 aromatic rings. The molecule has 0 radical (unpaired) electrons. The highest BCUT2D eigenvalue weighted by atomic mass is 19.1. The van der Waals surface area contributed by atoms with E-state index in [2.05, 4.69) is 26.2 Å². The third-order valence-electron chi connectivity index (χ3n) is 7.05. The van der Waals surface area contributed by atoms with Crippen LogP contribution in [0.4, 0.5) is 10.2 Å². The number of nitrogens with zero attached hydrogens (tertiary/aromatic N) is 9. The fourth-order valence-corrected chi connectivity index (χ4v) is 4.87. The van der Waals surface area contributed by atoms with E-state index in [0.29, 0.717) is 54.2 Å². The minimum Gasteiger partial charge on any atom is -0.353 e. The van der Waals surface area contributed by atoms with Gasteiger partial charge in [-0.15, -0.1) is 0 Å². The van der Waals surface area contributed by atoms with Gasteiger partial charge >= 0.3 is 0 Å². The van der Waals surface area contributed by atoms with Gasteiger partial charge < -0.3 is 15.5 Å². The van der Waals surface area contributed by atoms with E-state index in [0.717, 1.165) is 16.9 Å². The van der Waals surface area contributed by atoms with Gasteiger partial charge in [-0.1, -0.05) is 12.1 Å². The normalized spacial score (nSPS) is 14.3. The number of aryl methyl sites for hydroxylation is 1. The lowest BCUT2D eigenvalue weighted by molar-refractivity contribution is -0.133. The molecule has 1 unspecified atom stereocenters. The van der Waals surface area contributed by atoms with E-state index in [1.54, 1.807) is 32.7 Å². The average molecular weight is 537 g/mol. The number of carbonyl (C=O) groups excluding carboxylic acids is 1. The maximum Gasteiger partial charge on any atom is 0.244 e. The van der Waals surface area contributed by atoms with Crippen molar-refractivity contribution in [1.82, 2.24) is 34.3 Å². The summed E-state index contributed by atoms with van der Waals surface area (Å²) in [5, 5.41) is 18.2. The van der Waals surface area contributed by atoms with Crippen LogP contribution in [0.1, 0.15) is 17.2 Å². The largest absolute Gasteiger partial charge is 0.353 e. The predicted octanol–water partition coefficient (Wildman–Crippen LogP) is 2.55. The molecule has 1 fully saturated rings. The molecule has 1 aliphatic heterocycles. The third kappa shape index (κ3) is 4.63. The second-order valence-electron chi connectivity index (χ2n) is 9.59. The number of benzene rings is 1. The van der Waals surface area contributed by atoms with Crippen molar-refractivity contribution in [2.75, 3.05) is 31.1 Å². The number of hydrogen-bond donors (Lipinski definition) is 1. The van der Waals surface area contributed by atoms with Gasteiger partial charge in [0, 0.05) is 56.7 Å². The summed E-state index contributed by atoms with van der Waals surface area (Å²) >= 11 is 0. The summed E-state index contributed by atoms with van der Waals surface area (Å²) in [4.78, 5) is 26.3. The Morgan fingerprint density at radius 2 is 1.77 bits per heavy atom. The van der Waals surface area contributed by atoms with Crippen molar-refractivity contribution in [3.8, 4) is 28.6 Å². The number of pyridine rings is 1. The van der Waals surface area contributed by atoms with E-state index in [1.807, 2.05) is 25.4 Å². The number of amides is 1. The number of nitriles is 1. The minimum atomic E-state index is -0.835. The van der Waals surface area contributed by atoms with Crippen LogP contribution in [0.25, 0.3) is 28.0 Å². The molecule has 0 aliphatic carbocycles. The second kappa shape index (κ2) is 10.2. The van der Waals surface area contributed by atoms with Gasteiger partial charge in [-0.05, 0) is 29.8 Å². The smallest absolute Gasteiger partial charge is 0.244 e. The van der Waals surface area contributed by atoms with Crippen molar-refractivity contribution in [3.05, 3.63) is 84.3 Å². The summed E-state index contributed by atoms with van der Waals surface area (Å²) in [5.41, 5.74) is 10.6. The molecular formula is C28H25FN10O. The fourth-order valence-electron chi connectivity index (χ4n) is 4.87. The number of fused-ring (bicyclic) bond motifs is 1. The second-order valence-corrected chi connectivity index (χ2v) is 9.59. The Labute approximate surface area is 228 Å². The molecule has 40 heavy (non-hydrogen) atoms. The number of halogens is 1. The zero-order valence-corrected chi connectivity index (χ0v) is 21.6. The molecule has 1 amide bonds. The lowest BCUT2D eigenvalue weighted by Gasteiger charge is -2.36. The van der Waals surface area contributed by atoms with Gasteiger partial charge in [-0.25, -0.2) is 18.9 Å². The number of rotatable bonds is 5. The fraction of sp³-hybridized carbons (Fsp3) is 0.214. The first-order valence-corrected chi connectivity index (χ1v) is 12.7. The third-order valence-corrected chi connectivity index (χ3v) is 7.05. The van der Waals surface area contributed by atoms with Crippen molar-refractivity contribution in [2.45, 2.75) is 6.04 Å². The van der Waals surface area contributed by atoms with Crippen LogP contribution in [0, 0.1) is 17.1 Å². The van der Waals surface area contributed by atoms with Crippen LogP contribution in [-0.4, -0.2) is 66.3 Å². The predicted molar refractivity (Wildman–Crippen MR) is 145 cm³/mol. The first-order chi connectivity index (χ1) is 19.4. The number of anilines is 1. The molecule has 12 heteroatoms. The minimum absolute atomic E-state index is 0.188. The zero-order chi connectivity index (χ0) is 27.8. The van der Waals surface area contributed by atoms with Gasteiger partial charge in [0.15, 0.2) is 0 Å². The van der Waals surface area contributed by atoms with Crippen LogP contribution in [0.15, 0.2) is 67.4 Å². The molecule has 1 saturated heterocycles. The van der Waals surface area contributed by atoms with Gasteiger partial charge in [0.2, 0.25) is 5.91 Å². The van der Waals surface area contributed by atoms with E-state index in [-0.39, 0.29) is 11.7 Å². The molecule has 1 atom stereocenters. The molecule has 6 rings (SSSR count). The van der Waals surface area contributed by atoms with E-state index in [9.17, 15) is 14.4 Å². The van der Waals surface area contributed by atoms with E-state index in [1.165, 1.54) is 30.5 Å². The van der Waals surface area contributed by atoms with Crippen molar-refractivity contribution in [3.63, 3.8) is 0 Å². The van der Waals surface area contributed by atoms with Crippen LogP contribution in [0.2, 0.25) is 0 Å². The molecule has 0 bridgehead atoms. The summed E-state index contributed by atoms with van der Waals surface area (Å²) in [7, 11) is 1.84. The van der Waals surface area contributed by atoms with Crippen LogP contribution >= 0.6 is 0 Å². The Kier molecular flexibility index (Phi) is 6.41. The quantitative estimate of drug-likeness (QED) is 0.362. The molecule has 1 aliphatic rings. The number of nitrogens with two attached hydrogens (primary N) is 1. The Hall–Kier alpha value is -5.15. The van der Waals surface area contributed by atoms with E-state index < -0.39 is 6.04 Å². The Bertz CT molecular complexity index is 1730. The zero-order valence-electron chi connectivity index (χ0n) is 21.6. The van der Waals surface area contributed by atoms with Gasteiger partial charge in [0.25, 0.3) is 0 Å². The summed E-state index contributed by atoms with van der Waals surface area (Å²) in [6, 6.07) is 10.9. The molecule has 0 saturated carbocycles. The van der Waals surface area contributed by atoms with Crippen molar-refractivity contribution >= 4 is 17.2 Å². The maximum absolute atomic E-state index is 13.2. The molecular weight excluding hydrogens is 511 g/mol. The number of carbonyl (C=O) groups is 1. The Morgan fingerprint density at radius 1 is 1.00 bits per heavy atom. The monoisotopic (exact) mass is 536 g/mol. The van der Waals surface area contributed by atoms with E-state index in [4.69, 9.17) is 10.7 Å². The molecule has 1 aromatic carbocycles. The highest BCUT2D eigenvalue weighted by molar-refractivity contribution is 5.84. The van der Waals surface area contributed by atoms with Crippen LogP contribution in [0.5, 0.6) is 0 Å². The topological polar surface area (TPSA) is 134 Å². The molecule has 4 aromatic heterocycles. The number of aromatic nitrogens is 6. The maximum atomic E-state index is 13.2. The van der Waals surface area contributed by atoms with Crippen LogP contribution < -0.4 is 10.6 Å². The van der Waals surface area contributed by atoms with Crippen molar-refractivity contribution in [1.29, 1.82) is 5.26 Å². The Balaban J connectivity index is 1.20. The molecule has 11 nitrogen and oxygen atoms in total. The highest BCUT2D eigenvalue weighted by Gasteiger charge is 2.27. The van der Waals surface area contributed by atoms with Crippen LogP contribution in [0.3, 0.4) is 0 Å². The number of hydrogen-bond acceptors (Lipinski definition) is 8. The SMILES string of the molecule is Cn1cc(-c2cn3ncc(C#N)c3c(-c3ccc(N4CCN(C(=O)C(N)c5ccc(F)cc5)CC4)nc3)n2)cn1. The first kappa shape index (κ1) is 25.1. The van der Waals surface area contributed by atoms with Crippen LogP contribution in [-0.2, 0) is 11.8 Å². The van der Waals surface area contributed by atoms with Gasteiger partial charge in [0.1, 0.15) is 34.8 Å². The van der Waals surface area contributed by atoms with Gasteiger partial charge in [-0.3, -0.25) is 9.48 Å².